The molecule has 0 aliphatic carbocycles. The molecular formula is C43H25N3O. The van der Waals surface area contributed by atoms with Crippen LogP contribution < -0.4 is 0 Å². The maximum absolute atomic E-state index is 8.21. The number of hydrogen-bond donors (Lipinski definition) is 0. The Morgan fingerprint density at radius 2 is 1.11 bits per heavy atom. The van der Waals surface area contributed by atoms with Crippen molar-refractivity contribution in [2.45, 2.75) is 0 Å². The van der Waals surface area contributed by atoms with E-state index in [0.717, 1.165) is 66.5 Å². The lowest BCUT2D eigenvalue weighted by molar-refractivity contribution is 0.669. The number of benzene rings is 7. The molecule has 7 aromatic carbocycles. The van der Waals surface area contributed by atoms with Gasteiger partial charge in [-0.05, 0) is 59.7 Å². The molecule has 4 heteroatoms. The van der Waals surface area contributed by atoms with Crippen molar-refractivity contribution < 1.29 is 4.42 Å². The van der Waals surface area contributed by atoms with Gasteiger partial charge in [0.05, 0.1) is 34.3 Å². The third-order valence-corrected chi connectivity index (χ3v) is 9.53. The van der Waals surface area contributed by atoms with E-state index >= 15 is 0 Å². The van der Waals surface area contributed by atoms with Gasteiger partial charge in [-0.2, -0.15) is 0 Å². The maximum Gasteiger partial charge on any atom is 0.211 e. The Balaban J connectivity index is 1.26. The summed E-state index contributed by atoms with van der Waals surface area (Å²) in [6, 6.07) is 52.8. The molecule has 10 aromatic rings. The van der Waals surface area contributed by atoms with Crippen LogP contribution in [-0.4, -0.2) is 9.13 Å². The summed E-state index contributed by atoms with van der Waals surface area (Å²) in [5.41, 5.74) is 10.8. The van der Waals surface area contributed by atoms with Crippen LogP contribution in [0.2, 0.25) is 0 Å². The van der Waals surface area contributed by atoms with Crippen molar-refractivity contribution in [1.29, 1.82) is 0 Å². The van der Waals surface area contributed by atoms with E-state index < -0.39 is 0 Å². The van der Waals surface area contributed by atoms with Crippen LogP contribution in [0.25, 0.3) is 92.9 Å². The Kier molecular flexibility index (Phi) is 5.32. The Morgan fingerprint density at radius 1 is 0.468 bits per heavy atom. The lowest BCUT2D eigenvalue weighted by Gasteiger charge is -2.17. The van der Waals surface area contributed by atoms with Crippen LogP contribution in [0.15, 0.2) is 156 Å². The average molecular weight is 600 g/mol. The quantitative estimate of drug-likeness (QED) is 0.186. The third-order valence-electron chi connectivity index (χ3n) is 9.53. The predicted molar refractivity (Wildman–Crippen MR) is 194 cm³/mol. The Morgan fingerprint density at radius 3 is 1.85 bits per heavy atom. The highest BCUT2D eigenvalue weighted by molar-refractivity contribution is 6.27. The number of fused-ring (bicyclic) bond motifs is 10. The van der Waals surface area contributed by atoms with E-state index in [9.17, 15) is 0 Å². The molecule has 218 valence electrons. The lowest BCUT2D eigenvalue weighted by Crippen LogP contribution is -1.99. The molecule has 0 spiro atoms. The fourth-order valence-electron chi connectivity index (χ4n) is 7.62. The Labute approximate surface area is 269 Å². The molecule has 0 unspecified atom stereocenters. The highest BCUT2D eigenvalue weighted by Gasteiger charge is 2.21. The van der Waals surface area contributed by atoms with Crippen LogP contribution in [-0.2, 0) is 0 Å². The van der Waals surface area contributed by atoms with Gasteiger partial charge in [-0.15, -0.1) is 0 Å². The molecular weight excluding hydrogens is 574 g/mol. The number of para-hydroxylation sites is 5. The molecule has 10 rings (SSSR count). The fourth-order valence-corrected chi connectivity index (χ4v) is 7.62. The molecule has 3 heterocycles. The molecule has 0 radical (unpaired) electrons. The smallest absolute Gasteiger partial charge is 0.211 e. The second kappa shape index (κ2) is 9.71. The van der Waals surface area contributed by atoms with Crippen LogP contribution in [0.1, 0.15) is 0 Å². The van der Waals surface area contributed by atoms with Gasteiger partial charge in [-0.3, -0.25) is 0 Å². The van der Waals surface area contributed by atoms with E-state index in [2.05, 4.69) is 141 Å². The van der Waals surface area contributed by atoms with Gasteiger partial charge in [0.25, 0.3) is 0 Å². The van der Waals surface area contributed by atoms with Crippen LogP contribution >= 0.6 is 0 Å². The first kappa shape index (κ1) is 25.7. The minimum absolute atomic E-state index is 0.616. The fraction of sp³-hybridized carbons (Fsp3) is 0. The molecule has 0 amide bonds. The number of aromatic nitrogens is 2. The van der Waals surface area contributed by atoms with E-state index in [1.165, 1.54) is 21.5 Å². The molecule has 4 nitrogen and oxygen atoms in total. The average Bonchev–Trinajstić information content (AvgIpc) is 3.79. The molecule has 0 bridgehead atoms. The zero-order chi connectivity index (χ0) is 31.1. The van der Waals surface area contributed by atoms with Gasteiger partial charge in [-0.1, -0.05) is 103 Å². The van der Waals surface area contributed by atoms with Gasteiger partial charge in [0, 0.05) is 38.0 Å². The summed E-state index contributed by atoms with van der Waals surface area (Å²) in [6.45, 7) is 8.21. The molecule has 0 saturated heterocycles. The molecule has 0 saturated carbocycles. The second-order valence-electron chi connectivity index (χ2n) is 12.0. The van der Waals surface area contributed by atoms with Crippen LogP contribution in [0, 0.1) is 6.57 Å². The minimum Gasteiger partial charge on any atom is -0.456 e. The van der Waals surface area contributed by atoms with Crippen LogP contribution in [0.5, 0.6) is 0 Å². The van der Waals surface area contributed by atoms with Gasteiger partial charge >= 0.3 is 0 Å². The van der Waals surface area contributed by atoms with E-state index in [1.807, 2.05) is 24.3 Å². The molecule has 0 atom stereocenters. The van der Waals surface area contributed by atoms with Gasteiger partial charge < -0.3 is 13.6 Å². The van der Waals surface area contributed by atoms with E-state index in [-0.39, 0.29) is 0 Å². The van der Waals surface area contributed by atoms with Gasteiger partial charge in [0.1, 0.15) is 11.2 Å². The highest BCUT2D eigenvalue weighted by Crippen LogP contribution is 2.43. The minimum atomic E-state index is 0.616. The standard InChI is InChI=1S/C43H25N3O/c1-44-34-19-11-18-29(43(34)46-35-20-6-2-14-30(35)31-15-3-7-21-36(31)46)27-12-10-13-28(26-27)45-37-22-8-4-16-32(37)41-38(45)24-25-40-42(41)33-17-5-9-23-39(33)47-40/h2-26H. The van der Waals surface area contributed by atoms with Crippen molar-refractivity contribution in [1.82, 2.24) is 9.13 Å². The molecule has 47 heavy (non-hydrogen) atoms. The van der Waals surface area contributed by atoms with Crippen LogP contribution in [0.3, 0.4) is 0 Å². The summed E-state index contributed by atoms with van der Waals surface area (Å²) in [4.78, 5) is 4.04. The summed E-state index contributed by atoms with van der Waals surface area (Å²) in [5, 5.41) is 6.98. The zero-order valence-electron chi connectivity index (χ0n) is 25.2. The molecule has 3 aromatic heterocycles. The van der Waals surface area contributed by atoms with E-state index in [1.54, 1.807) is 0 Å². The molecule has 0 fully saturated rings. The van der Waals surface area contributed by atoms with Crippen molar-refractivity contribution in [3.8, 4) is 22.5 Å². The largest absolute Gasteiger partial charge is 0.456 e. The zero-order valence-corrected chi connectivity index (χ0v) is 25.2. The highest BCUT2D eigenvalue weighted by atomic mass is 16.3. The first-order valence-electron chi connectivity index (χ1n) is 15.7. The summed E-state index contributed by atoms with van der Waals surface area (Å²) in [5.74, 6) is 0. The number of rotatable bonds is 3. The van der Waals surface area contributed by atoms with Gasteiger partial charge in [0.15, 0.2) is 0 Å². The number of hydrogen-bond acceptors (Lipinski definition) is 1. The first-order chi connectivity index (χ1) is 23.3. The lowest BCUT2D eigenvalue weighted by atomic mass is 10.0. The van der Waals surface area contributed by atoms with Crippen molar-refractivity contribution in [3.63, 3.8) is 0 Å². The van der Waals surface area contributed by atoms with Crippen LogP contribution in [0.4, 0.5) is 5.69 Å². The predicted octanol–water partition coefficient (Wildman–Crippen LogP) is 12.0. The van der Waals surface area contributed by atoms with E-state index in [4.69, 9.17) is 11.0 Å². The van der Waals surface area contributed by atoms with Crippen molar-refractivity contribution in [2.75, 3.05) is 0 Å². The van der Waals surface area contributed by atoms with Gasteiger partial charge in [-0.25, -0.2) is 4.85 Å². The van der Waals surface area contributed by atoms with Crippen molar-refractivity contribution in [2.24, 2.45) is 0 Å². The summed E-state index contributed by atoms with van der Waals surface area (Å²) < 4.78 is 10.9. The second-order valence-corrected chi connectivity index (χ2v) is 12.0. The Bertz CT molecular complexity index is 2880. The third kappa shape index (κ3) is 3.57. The van der Waals surface area contributed by atoms with Gasteiger partial charge in [0.2, 0.25) is 5.69 Å². The first-order valence-corrected chi connectivity index (χ1v) is 15.7. The molecule has 0 aliphatic heterocycles. The molecule has 0 aliphatic rings. The van der Waals surface area contributed by atoms with Crippen molar-refractivity contribution in [3.05, 3.63) is 163 Å². The van der Waals surface area contributed by atoms with Crippen molar-refractivity contribution >= 4 is 71.2 Å². The SMILES string of the molecule is [C-]#[N+]c1cccc(-c2cccc(-n3c4ccccc4c4c5c(ccc43)oc3ccccc35)c2)c1-n1c2ccccc2c2ccccc21. The maximum atomic E-state index is 8.21. The normalized spacial score (nSPS) is 11.8. The summed E-state index contributed by atoms with van der Waals surface area (Å²) in [7, 11) is 0. The topological polar surface area (TPSA) is 27.4 Å². The Hall–Kier alpha value is -6.57. The number of furan rings is 1. The summed E-state index contributed by atoms with van der Waals surface area (Å²) >= 11 is 0. The summed E-state index contributed by atoms with van der Waals surface area (Å²) in [6.07, 6.45) is 0. The van der Waals surface area contributed by atoms with E-state index in [0.29, 0.717) is 5.69 Å². The molecule has 0 N–H and O–H groups in total. The number of nitrogens with zero attached hydrogens (tertiary/aromatic N) is 3. The monoisotopic (exact) mass is 599 g/mol.